The van der Waals surface area contributed by atoms with Crippen molar-refractivity contribution in [3.8, 4) is 0 Å². The van der Waals surface area contributed by atoms with Crippen LogP contribution in [0.15, 0.2) is 12.3 Å². The lowest BCUT2D eigenvalue weighted by atomic mass is 9.78. The molecule has 0 aromatic heterocycles. The van der Waals surface area contributed by atoms with E-state index in [4.69, 9.17) is 14.5 Å². The maximum Gasteiger partial charge on any atom is 0.306 e. The molecule has 0 atom stereocenters. The molecule has 0 N–H and O–H groups in total. The minimum absolute atomic E-state index is 0.0419. The van der Waals surface area contributed by atoms with E-state index < -0.39 is 0 Å². The molecule has 0 unspecified atom stereocenters. The molecule has 0 spiro atoms. The van der Waals surface area contributed by atoms with E-state index in [2.05, 4.69) is 20.4 Å². The molecular weight excluding hydrogens is 376 g/mol. The SMILES string of the molecule is C=C(CCCC1CCC(CCCCC(=O)OC(C)(C)CC)CC1)OOC(C)(C)CC. The predicted molar refractivity (Wildman–Crippen MR) is 124 cm³/mol. The van der Waals surface area contributed by atoms with Crippen LogP contribution in [0, 0.1) is 11.8 Å². The molecule has 0 aromatic carbocycles. The summed E-state index contributed by atoms with van der Waals surface area (Å²) in [5.74, 6) is 2.38. The Kier molecular flexibility index (Phi) is 12.1. The van der Waals surface area contributed by atoms with E-state index in [9.17, 15) is 4.79 Å². The minimum atomic E-state index is -0.326. The third kappa shape index (κ3) is 12.0. The second-order valence-electron chi connectivity index (χ2n) is 10.4. The van der Waals surface area contributed by atoms with Gasteiger partial charge in [0.25, 0.3) is 0 Å². The summed E-state index contributed by atoms with van der Waals surface area (Å²) >= 11 is 0. The number of carbonyl (C=O) groups excluding carboxylic acids is 1. The Labute approximate surface area is 186 Å². The molecule has 1 aliphatic carbocycles. The van der Waals surface area contributed by atoms with E-state index >= 15 is 0 Å². The fourth-order valence-electron chi connectivity index (χ4n) is 3.80. The highest BCUT2D eigenvalue weighted by molar-refractivity contribution is 5.69. The van der Waals surface area contributed by atoms with Crippen LogP contribution in [0.3, 0.4) is 0 Å². The molecule has 1 fully saturated rings. The van der Waals surface area contributed by atoms with E-state index in [1.165, 1.54) is 38.5 Å². The third-order valence-electron chi connectivity index (χ3n) is 6.76. The molecule has 1 saturated carbocycles. The average Bonchev–Trinajstić information content (AvgIpc) is 2.70. The zero-order chi connectivity index (χ0) is 22.6. The fraction of sp³-hybridized carbons (Fsp3) is 0.885. The third-order valence-corrected chi connectivity index (χ3v) is 6.76. The minimum Gasteiger partial charge on any atom is -0.460 e. The van der Waals surface area contributed by atoms with Crippen LogP contribution in [0.5, 0.6) is 0 Å². The molecule has 0 aliphatic heterocycles. The Hall–Kier alpha value is -1.03. The number of allylic oxidation sites excluding steroid dienone is 1. The van der Waals surface area contributed by atoms with Crippen LogP contribution in [0.25, 0.3) is 0 Å². The van der Waals surface area contributed by atoms with E-state index in [1.807, 2.05) is 27.7 Å². The first kappa shape index (κ1) is 27.0. The average molecular weight is 425 g/mol. The van der Waals surface area contributed by atoms with Gasteiger partial charge in [0.05, 0.1) is 0 Å². The van der Waals surface area contributed by atoms with Crippen LogP contribution in [0.2, 0.25) is 0 Å². The predicted octanol–water partition coefficient (Wildman–Crippen LogP) is 7.91. The summed E-state index contributed by atoms with van der Waals surface area (Å²) in [5.41, 5.74) is -0.583. The van der Waals surface area contributed by atoms with Gasteiger partial charge in [-0.05, 0) is 65.2 Å². The summed E-state index contributed by atoms with van der Waals surface area (Å²) in [6, 6.07) is 0. The molecule has 4 heteroatoms. The van der Waals surface area contributed by atoms with Gasteiger partial charge in [-0.1, -0.05) is 65.4 Å². The molecular formula is C26H48O4. The number of rotatable bonds is 15. The van der Waals surface area contributed by atoms with Crippen molar-refractivity contribution in [1.29, 1.82) is 0 Å². The zero-order valence-electron chi connectivity index (χ0n) is 20.7. The molecule has 0 radical (unpaired) electrons. The summed E-state index contributed by atoms with van der Waals surface area (Å²) in [6.07, 6.45) is 14.3. The second kappa shape index (κ2) is 13.4. The summed E-state index contributed by atoms with van der Waals surface area (Å²) in [7, 11) is 0. The molecule has 0 heterocycles. The molecule has 0 amide bonds. The Morgan fingerprint density at radius 2 is 1.37 bits per heavy atom. The van der Waals surface area contributed by atoms with Crippen LogP contribution in [-0.4, -0.2) is 17.2 Å². The van der Waals surface area contributed by atoms with Crippen LogP contribution in [-0.2, 0) is 19.3 Å². The lowest BCUT2D eigenvalue weighted by Crippen LogP contribution is -2.26. The Morgan fingerprint density at radius 1 is 0.833 bits per heavy atom. The smallest absolute Gasteiger partial charge is 0.306 e. The van der Waals surface area contributed by atoms with Crippen LogP contribution < -0.4 is 0 Å². The Balaban J connectivity index is 2.07. The topological polar surface area (TPSA) is 44.8 Å². The molecule has 0 aromatic rings. The normalized spacial score (nSPS) is 20.1. The van der Waals surface area contributed by atoms with Gasteiger partial charge in [0, 0.05) is 12.8 Å². The van der Waals surface area contributed by atoms with E-state index in [-0.39, 0.29) is 17.2 Å². The van der Waals surface area contributed by atoms with Crippen LogP contribution in [0.1, 0.15) is 125 Å². The summed E-state index contributed by atoms with van der Waals surface area (Å²) in [5, 5.41) is 0. The van der Waals surface area contributed by atoms with Gasteiger partial charge in [0.1, 0.15) is 17.0 Å². The van der Waals surface area contributed by atoms with Gasteiger partial charge in [-0.3, -0.25) is 4.79 Å². The monoisotopic (exact) mass is 424 g/mol. The largest absolute Gasteiger partial charge is 0.460 e. The molecule has 1 rings (SSSR count). The molecule has 4 nitrogen and oxygen atoms in total. The quantitative estimate of drug-likeness (QED) is 0.0880. The molecule has 176 valence electrons. The van der Waals surface area contributed by atoms with Crippen molar-refractivity contribution in [2.45, 2.75) is 136 Å². The zero-order valence-corrected chi connectivity index (χ0v) is 20.7. The highest BCUT2D eigenvalue weighted by Gasteiger charge is 2.22. The lowest BCUT2D eigenvalue weighted by molar-refractivity contribution is -0.328. The van der Waals surface area contributed by atoms with Gasteiger partial charge in [0.15, 0.2) is 0 Å². The standard InChI is InChI=1S/C26H48O4/c1-8-25(4,5)28-24(27)16-11-10-14-22-17-19-23(20-18-22)15-12-13-21(3)29-30-26(6,7)9-2/h22-23H,3,8-20H2,1-2,4-7H3. The molecule has 0 bridgehead atoms. The molecule has 30 heavy (non-hydrogen) atoms. The van der Waals surface area contributed by atoms with Crippen LogP contribution >= 0.6 is 0 Å². The van der Waals surface area contributed by atoms with Crippen molar-refractivity contribution in [2.24, 2.45) is 11.8 Å². The highest BCUT2D eigenvalue weighted by atomic mass is 17.2. The first-order valence-corrected chi connectivity index (χ1v) is 12.3. The second-order valence-corrected chi connectivity index (χ2v) is 10.4. The van der Waals surface area contributed by atoms with Crippen molar-refractivity contribution in [3.05, 3.63) is 12.3 Å². The number of carbonyl (C=O) groups is 1. The lowest BCUT2D eigenvalue weighted by Gasteiger charge is -2.28. The van der Waals surface area contributed by atoms with E-state index in [0.29, 0.717) is 6.42 Å². The first-order valence-electron chi connectivity index (χ1n) is 12.3. The Morgan fingerprint density at radius 3 is 1.90 bits per heavy atom. The fourth-order valence-corrected chi connectivity index (χ4v) is 3.80. The number of ether oxygens (including phenoxy) is 1. The number of hydrogen-bond acceptors (Lipinski definition) is 4. The summed E-state index contributed by atoms with van der Waals surface area (Å²) < 4.78 is 5.52. The molecule has 1 aliphatic rings. The maximum absolute atomic E-state index is 11.9. The van der Waals surface area contributed by atoms with Crippen molar-refractivity contribution < 1.29 is 19.3 Å². The maximum atomic E-state index is 11.9. The van der Waals surface area contributed by atoms with Gasteiger partial charge in [-0.2, -0.15) is 4.89 Å². The number of esters is 1. The number of hydrogen-bond donors (Lipinski definition) is 0. The van der Waals surface area contributed by atoms with Gasteiger partial charge in [-0.25, -0.2) is 0 Å². The molecule has 0 saturated heterocycles. The van der Waals surface area contributed by atoms with Crippen molar-refractivity contribution in [2.75, 3.05) is 0 Å². The van der Waals surface area contributed by atoms with E-state index in [0.717, 1.165) is 56.1 Å². The van der Waals surface area contributed by atoms with Gasteiger partial charge < -0.3 is 9.62 Å². The van der Waals surface area contributed by atoms with Crippen molar-refractivity contribution >= 4 is 5.97 Å². The van der Waals surface area contributed by atoms with Crippen molar-refractivity contribution in [3.63, 3.8) is 0 Å². The highest BCUT2D eigenvalue weighted by Crippen LogP contribution is 2.34. The van der Waals surface area contributed by atoms with Crippen LogP contribution in [0.4, 0.5) is 0 Å². The number of unbranched alkanes of at least 4 members (excludes halogenated alkanes) is 1. The van der Waals surface area contributed by atoms with Gasteiger partial charge in [0.2, 0.25) is 0 Å². The summed E-state index contributed by atoms with van der Waals surface area (Å²) in [6.45, 7) is 16.1. The summed E-state index contributed by atoms with van der Waals surface area (Å²) in [4.78, 5) is 22.8. The van der Waals surface area contributed by atoms with Gasteiger partial charge in [-0.15, -0.1) is 0 Å². The van der Waals surface area contributed by atoms with E-state index in [1.54, 1.807) is 0 Å². The van der Waals surface area contributed by atoms with Crippen molar-refractivity contribution in [1.82, 2.24) is 0 Å². The first-order chi connectivity index (χ1) is 14.1. The Bertz CT molecular complexity index is 501. The van der Waals surface area contributed by atoms with Gasteiger partial charge >= 0.3 is 5.97 Å².